The number of benzene rings is 1. The molecule has 1 heterocycles. The average molecular weight is 275 g/mol. The van der Waals surface area contributed by atoms with Gasteiger partial charge in [0, 0.05) is 17.5 Å². The van der Waals surface area contributed by atoms with Gasteiger partial charge in [-0.3, -0.25) is 0 Å². The molecule has 0 amide bonds. The molecule has 0 aliphatic rings. The zero-order chi connectivity index (χ0) is 13.7. The Labute approximate surface area is 119 Å². The number of nitrogens with one attached hydrogen (secondary N) is 1. The summed E-state index contributed by atoms with van der Waals surface area (Å²) >= 11 is 6.21. The van der Waals surface area contributed by atoms with E-state index in [1.54, 1.807) is 0 Å². The van der Waals surface area contributed by atoms with Gasteiger partial charge in [0.05, 0.1) is 5.52 Å². The third-order valence-electron chi connectivity index (χ3n) is 2.94. The quantitative estimate of drug-likeness (QED) is 0.653. The third kappa shape index (κ3) is 3.79. The summed E-state index contributed by atoms with van der Waals surface area (Å²) in [5.74, 6) is 0. The fourth-order valence-corrected chi connectivity index (χ4v) is 2.14. The summed E-state index contributed by atoms with van der Waals surface area (Å²) < 4.78 is 0. The second kappa shape index (κ2) is 6.69. The van der Waals surface area contributed by atoms with Crippen molar-refractivity contribution in [2.75, 3.05) is 13.1 Å². The second-order valence-corrected chi connectivity index (χ2v) is 5.03. The fraction of sp³-hybridized carbons (Fsp3) is 0.312. The molecule has 3 heteroatoms. The molecule has 0 fully saturated rings. The van der Waals surface area contributed by atoms with E-state index >= 15 is 0 Å². The van der Waals surface area contributed by atoms with Crippen molar-refractivity contribution < 1.29 is 0 Å². The summed E-state index contributed by atoms with van der Waals surface area (Å²) in [6, 6.07) is 8.31. The van der Waals surface area contributed by atoms with Crippen molar-refractivity contribution in [3.05, 3.63) is 46.6 Å². The topological polar surface area (TPSA) is 24.9 Å². The summed E-state index contributed by atoms with van der Waals surface area (Å²) in [5.41, 5.74) is 3.12. The molecule has 2 rings (SSSR count). The molecule has 0 atom stereocenters. The van der Waals surface area contributed by atoms with Gasteiger partial charge in [-0.05, 0) is 37.6 Å². The van der Waals surface area contributed by atoms with E-state index in [4.69, 9.17) is 11.6 Å². The maximum Gasteiger partial charge on any atom is 0.136 e. The molecule has 1 aromatic carbocycles. The van der Waals surface area contributed by atoms with E-state index in [0.29, 0.717) is 5.15 Å². The number of fused-ring (bicyclic) bond motifs is 1. The van der Waals surface area contributed by atoms with Crippen LogP contribution in [0.1, 0.15) is 24.5 Å². The molecule has 0 bridgehead atoms. The Kier molecular flexibility index (Phi) is 4.94. The molecule has 0 radical (unpaired) electrons. The SMILES string of the molecule is CCCNCC=Cc1cc2ccc(C)cc2nc1Cl. The van der Waals surface area contributed by atoms with Crippen LogP contribution in [0.5, 0.6) is 0 Å². The Hall–Kier alpha value is -1.38. The molecule has 0 spiro atoms. The van der Waals surface area contributed by atoms with Crippen LogP contribution in [0, 0.1) is 6.92 Å². The molecular formula is C16H19ClN2. The van der Waals surface area contributed by atoms with E-state index in [-0.39, 0.29) is 0 Å². The Morgan fingerprint density at radius 3 is 2.95 bits per heavy atom. The van der Waals surface area contributed by atoms with Gasteiger partial charge in [-0.2, -0.15) is 0 Å². The molecule has 0 unspecified atom stereocenters. The van der Waals surface area contributed by atoms with E-state index in [0.717, 1.165) is 36.0 Å². The maximum atomic E-state index is 6.21. The Morgan fingerprint density at radius 1 is 1.32 bits per heavy atom. The molecule has 1 aromatic heterocycles. The molecule has 2 nitrogen and oxygen atoms in total. The van der Waals surface area contributed by atoms with Crippen LogP contribution < -0.4 is 5.32 Å². The van der Waals surface area contributed by atoms with Crippen LogP contribution in [0.3, 0.4) is 0 Å². The van der Waals surface area contributed by atoms with Crippen molar-refractivity contribution in [1.29, 1.82) is 0 Å². The average Bonchev–Trinajstić information content (AvgIpc) is 2.39. The molecule has 0 aliphatic heterocycles. The highest BCUT2D eigenvalue weighted by molar-refractivity contribution is 6.31. The summed E-state index contributed by atoms with van der Waals surface area (Å²) in [6.45, 7) is 6.11. The molecule has 100 valence electrons. The standard InChI is InChI=1S/C16H19ClN2/c1-3-8-18-9-4-5-14-11-13-7-6-12(2)10-15(13)19-16(14)17/h4-7,10-11,18H,3,8-9H2,1-2H3. The van der Waals surface area contributed by atoms with Crippen LogP contribution in [0.2, 0.25) is 5.15 Å². The van der Waals surface area contributed by atoms with Crippen molar-refractivity contribution in [3.8, 4) is 0 Å². The lowest BCUT2D eigenvalue weighted by molar-refractivity contribution is 0.730. The Bertz CT molecular complexity index is 591. The smallest absolute Gasteiger partial charge is 0.136 e. The van der Waals surface area contributed by atoms with Gasteiger partial charge >= 0.3 is 0 Å². The lowest BCUT2D eigenvalue weighted by atomic mass is 10.1. The third-order valence-corrected chi connectivity index (χ3v) is 3.24. The lowest BCUT2D eigenvalue weighted by Gasteiger charge is -2.03. The van der Waals surface area contributed by atoms with Crippen LogP contribution in [0.15, 0.2) is 30.3 Å². The predicted molar refractivity (Wildman–Crippen MR) is 83.7 cm³/mol. The predicted octanol–water partition coefficient (Wildman–Crippen LogP) is 4.21. The lowest BCUT2D eigenvalue weighted by Crippen LogP contribution is -2.13. The first kappa shape index (κ1) is 14.0. The Balaban J connectivity index is 2.19. The van der Waals surface area contributed by atoms with Crippen LogP contribution in [0.25, 0.3) is 17.0 Å². The summed E-state index contributed by atoms with van der Waals surface area (Å²) in [7, 11) is 0. The van der Waals surface area contributed by atoms with E-state index in [1.807, 2.05) is 6.08 Å². The van der Waals surface area contributed by atoms with E-state index in [1.165, 1.54) is 5.56 Å². The molecule has 1 N–H and O–H groups in total. The minimum Gasteiger partial charge on any atom is -0.313 e. The van der Waals surface area contributed by atoms with Crippen molar-refractivity contribution >= 4 is 28.6 Å². The van der Waals surface area contributed by atoms with Crippen LogP contribution in [-0.2, 0) is 0 Å². The number of aryl methyl sites for hydroxylation is 1. The molecule has 2 aromatic rings. The Morgan fingerprint density at radius 2 is 2.16 bits per heavy atom. The maximum absolute atomic E-state index is 6.21. The first-order valence-electron chi connectivity index (χ1n) is 6.65. The molecule has 0 aliphatic carbocycles. The first-order valence-corrected chi connectivity index (χ1v) is 7.02. The van der Waals surface area contributed by atoms with Gasteiger partial charge in [-0.15, -0.1) is 0 Å². The first-order chi connectivity index (χ1) is 9.20. The highest BCUT2D eigenvalue weighted by Crippen LogP contribution is 2.22. The van der Waals surface area contributed by atoms with Gasteiger partial charge in [0.15, 0.2) is 0 Å². The van der Waals surface area contributed by atoms with Gasteiger partial charge in [0.1, 0.15) is 5.15 Å². The highest BCUT2D eigenvalue weighted by atomic mass is 35.5. The van der Waals surface area contributed by atoms with Crippen LogP contribution in [0.4, 0.5) is 0 Å². The monoisotopic (exact) mass is 274 g/mol. The number of aromatic nitrogens is 1. The molecule has 19 heavy (non-hydrogen) atoms. The number of halogens is 1. The molecule has 0 saturated carbocycles. The summed E-state index contributed by atoms with van der Waals surface area (Å²) in [4.78, 5) is 4.45. The van der Waals surface area contributed by atoms with Gasteiger partial charge in [0.2, 0.25) is 0 Å². The second-order valence-electron chi connectivity index (χ2n) is 4.67. The van der Waals surface area contributed by atoms with E-state index in [2.05, 4.69) is 54.5 Å². The minimum absolute atomic E-state index is 0.560. The number of nitrogens with zero attached hydrogens (tertiary/aromatic N) is 1. The van der Waals surface area contributed by atoms with Crippen molar-refractivity contribution in [1.82, 2.24) is 10.3 Å². The van der Waals surface area contributed by atoms with E-state index < -0.39 is 0 Å². The number of rotatable bonds is 5. The normalized spacial score (nSPS) is 11.5. The zero-order valence-electron chi connectivity index (χ0n) is 11.4. The zero-order valence-corrected chi connectivity index (χ0v) is 12.2. The minimum atomic E-state index is 0.560. The molecule has 0 saturated heterocycles. The highest BCUT2D eigenvalue weighted by Gasteiger charge is 2.02. The molecular weight excluding hydrogens is 256 g/mol. The summed E-state index contributed by atoms with van der Waals surface area (Å²) in [5, 5.41) is 5.00. The van der Waals surface area contributed by atoms with Gasteiger partial charge in [-0.1, -0.05) is 42.8 Å². The van der Waals surface area contributed by atoms with Crippen molar-refractivity contribution in [2.45, 2.75) is 20.3 Å². The number of hydrogen-bond acceptors (Lipinski definition) is 2. The van der Waals surface area contributed by atoms with Crippen LogP contribution >= 0.6 is 11.6 Å². The van der Waals surface area contributed by atoms with Gasteiger partial charge < -0.3 is 5.32 Å². The van der Waals surface area contributed by atoms with Crippen molar-refractivity contribution in [3.63, 3.8) is 0 Å². The largest absolute Gasteiger partial charge is 0.313 e. The van der Waals surface area contributed by atoms with Crippen LogP contribution in [-0.4, -0.2) is 18.1 Å². The van der Waals surface area contributed by atoms with Gasteiger partial charge in [0.25, 0.3) is 0 Å². The number of hydrogen-bond donors (Lipinski definition) is 1. The van der Waals surface area contributed by atoms with Gasteiger partial charge in [-0.25, -0.2) is 4.98 Å². The van der Waals surface area contributed by atoms with E-state index in [9.17, 15) is 0 Å². The fourth-order valence-electron chi connectivity index (χ4n) is 1.93. The number of pyridine rings is 1. The summed E-state index contributed by atoms with van der Waals surface area (Å²) in [6.07, 6.45) is 5.25. The van der Waals surface area contributed by atoms with Crippen molar-refractivity contribution in [2.24, 2.45) is 0 Å².